The van der Waals surface area contributed by atoms with Gasteiger partial charge in [0.05, 0.1) is 0 Å². The van der Waals surface area contributed by atoms with Crippen molar-refractivity contribution >= 4 is 10.9 Å². The second-order valence-corrected chi connectivity index (χ2v) is 2.99. The molecule has 1 aromatic carbocycles. The molecule has 15 heavy (non-hydrogen) atoms. The minimum atomic E-state index is 1.29. The van der Waals surface area contributed by atoms with Crippen molar-refractivity contribution in [3.8, 4) is 0 Å². The van der Waals surface area contributed by atoms with Crippen molar-refractivity contribution in [1.82, 2.24) is 9.88 Å². The fourth-order valence-electron chi connectivity index (χ4n) is 1.22. The summed E-state index contributed by atoms with van der Waals surface area (Å²) in [5, 5.41) is 4.06. The summed E-state index contributed by atoms with van der Waals surface area (Å²) < 4.78 is 2.12. The van der Waals surface area contributed by atoms with E-state index in [0.29, 0.717) is 0 Å². The summed E-state index contributed by atoms with van der Waals surface area (Å²) in [5.74, 6) is 0. The Morgan fingerprint density at radius 3 is 2.07 bits per heavy atom. The lowest BCUT2D eigenvalue weighted by Crippen LogP contribution is -1.89. The predicted molar refractivity (Wildman–Crippen MR) is 69.3 cm³/mol. The van der Waals surface area contributed by atoms with E-state index in [-0.39, 0.29) is 0 Å². The number of nitrogens with one attached hydrogen (secondary N) is 1. The Bertz CT molecular complexity index is 363. The molecule has 2 rings (SSSR count). The number of hydrogen-bond donors (Lipinski definition) is 1. The number of rotatable bonds is 0. The fraction of sp³-hybridized carbons (Fsp3) is 0.385. The van der Waals surface area contributed by atoms with E-state index in [4.69, 9.17) is 0 Å². The highest BCUT2D eigenvalue weighted by atomic mass is 14.9. The van der Waals surface area contributed by atoms with Gasteiger partial charge in [0.25, 0.3) is 0 Å². The van der Waals surface area contributed by atoms with Crippen molar-refractivity contribution < 1.29 is 0 Å². The van der Waals surface area contributed by atoms with E-state index >= 15 is 0 Å². The van der Waals surface area contributed by atoms with E-state index in [1.54, 1.807) is 0 Å². The maximum Gasteiger partial charge on any atom is 0.0477 e. The van der Waals surface area contributed by atoms with Crippen LogP contribution in [0.25, 0.3) is 10.9 Å². The maximum absolute atomic E-state index is 2.75. The average Bonchev–Trinajstić information content (AvgIpc) is 2.65. The lowest BCUT2D eigenvalue weighted by Gasteiger charge is -1.92. The van der Waals surface area contributed by atoms with Crippen LogP contribution in [0.1, 0.15) is 13.8 Å². The second-order valence-electron chi connectivity index (χ2n) is 2.99. The first-order chi connectivity index (χ1) is 7.29. The minimum Gasteiger partial charge on any atom is -0.351 e. The van der Waals surface area contributed by atoms with Gasteiger partial charge in [0.15, 0.2) is 0 Å². The molecule has 2 heteroatoms. The molecule has 0 bridgehead atoms. The van der Waals surface area contributed by atoms with Gasteiger partial charge in [-0.15, -0.1) is 0 Å². The van der Waals surface area contributed by atoms with Crippen molar-refractivity contribution in [2.24, 2.45) is 7.05 Å². The SMILES string of the molecule is CC.CNC.Cn1ccc2ccccc21. The van der Waals surface area contributed by atoms with Crippen LogP contribution in [0.3, 0.4) is 0 Å². The normalized spacial score (nSPS) is 8.60. The fourth-order valence-corrected chi connectivity index (χ4v) is 1.22. The number of fused-ring (bicyclic) bond motifs is 1. The van der Waals surface area contributed by atoms with Crippen LogP contribution in [0.15, 0.2) is 36.5 Å². The summed E-state index contributed by atoms with van der Waals surface area (Å²) in [5.41, 5.74) is 1.29. The van der Waals surface area contributed by atoms with Crippen LogP contribution in [-0.4, -0.2) is 18.7 Å². The second kappa shape index (κ2) is 8.06. The molecule has 0 unspecified atom stereocenters. The van der Waals surface area contributed by atoms with Crippen LogP contribution >= 0.6 is 0 Å². The van der Waals surface area contributed by atoms with Gasteiger partial charge in [0, 0.05) is 18.8 Å². The van der Waals surface area contributed by atoms with Crippen molar-refractivity contribution in [2.45, 2.75) is 13.8 Å². The first-order valence-corrected chi connectivity index (χ1v) is 5.38. The summed E-state index contributed by atoms with van der Waals surface area (Å²) in [7, 11) is 5.81. The molecule has 0 saturated heterocycles. The largest absolute Gasteiger partial charge is 0.351 e. The van der Waals surface area contributed by atoms with E-state index in [0.717, 1.165) is 0 Å². The highest BCUT2D eigenvalue weighted by Gasteiger charge is 1.92. The smallest absolute Gasteiger partial charge is 0.0477 e. The number of para-hydroxylation sites is 1. The molecule has 0 aliphatic rings. The zero-order chi connectivity index (χ0) is 11.7. The highest BCUT2D eigenvalue weighted by Crippen LogP contribution is 2.12. The van der Waals surface area contributed by atoms with Crippen LogP contribution < -0.4 is 5.32 Å². The van der Waals surface area contributed by atoms with Crippen molar-refractivity contribution in [1.29, 1.82) is 0 Å². The summed E-state index contributed by atoms with van der Waals surface area (Å²) in [6.45, 7) is 4.00. The molecular formula is C13H22N2. The van der Waals surface area contributed by atoms with Gasteiger partial charge in [-0.1, -0.05) is 32.0 Å². The third kappa shape index (κ3) is 4.17. The van der Waals surface area contributed by atoms with Crippen LogP contribution in [-0.2, 0) is 7.05 Å². The van der Waals surface area contributed by atoms with Crippen LogP contribution in [0, 0.1) is 0 Å². The Morgan fingerprint density at radius 1 is 1.00 bits per heavy atom. The summed E-state index contributed by atoms with van der Waals surface area (Å²) in [4.78, 5) is 0. The van der Waals surface area contributed by atoms with E-state index in [1.165, 1.54) is 10.9 Å². The molecule has 1 N–H and O–H groups in total. The predicted octanol–water partition coefficient (Wildman–Crippen LogP) is 3.04. The first-order valence-electron chi connectivity index (χ1n) is 5.38. The Balaban J connectivity index is 0.000000342. The van der Waals surface area contributed by atoms with Gasteiger partial charge in [-0.25, -0.2) is 0 Å². The molecule has 2 nitrogen and oxygen atoms in total. The summed E-state index contributed by atoms with van der Waals surface area (Å²) in [6, 6.07) is 10.5. The Labute approximate surface area is 92.9 Å². The standard InChI is InChI=1S/C9H9N.C2H7N.C2H6/c1-10-7-6-8-4-2-3-5-9(8)10;1-3-2;1-2/h2-7H,1H3;3H,1-2H3;1-2H3. The molecule has 0 fully saturated rings. The summed E-state index contributed by atoms with van der Waals surface area (Å²) in [6.07, 6.45) is 2.07. The highest BCUT2D eigenvalue weighted by molar-refractivity contribution is 5.79. The minimum absolute atomic E-state index is 1.29. The van der Waals surface area contributed by atoms with Gasteiger partial charge < -0.3 is 9.88 Å². The van der Waals surface area contributed by atoms with Crippen molar-refractivity contribution in [2.75, 3.05) is 14.1 Å². The van der Waals surface area contributed by atoms with Crippen molar-refractivity contribution in [3.05, 3.63) is 36.5 Å². The zero-order valence-corrected chi connectivity index (χ0v) is 10.4. The molecule has 1 aromatic heterocycles. The zero-order valence-electron chi connectivity index (χ0n) is 10.4. The van der Waals surface area contributed by atoms with E-state index in [9.17, 15) is 0 Å². The molecular weight excluding hydrogens is 184 g/mol. The first kappa shape index (κ1) is 13.7. The van der Waals surface area contributed by atoms with E-state index < -0.39 is 0 Å². The van der Waals surface area contributed by atoms with E-state index in [2.05, 4.69) is 53.5 Å². The molecule has 0 aliphatic heterocycles. The number of aryl methyl sites for hydroxylation is 1. The molecule has 0 spiro atoms. The molecule has 0 amide bonds. The monoisotopic (exact) mass is 206 g/mol. The molecule has 0 atom stereocenters. The molecule has 2 aromatic rings. The maximum atomic E-state index is 2.75. The quantitative estimate of drug-likeness (QED) is 0.701. The van der Waals surface area contributed by atoms with Crippen LogP contribution in [0.2, 0.25) is 0 Å². The Morgan fingerprint density at radius 2 is 1.53 bits per heavy atom. The molecule has 1 heterocycles. The van der Waals surface area contributed by atoms with Gasteiger partial charge in [-0.05, 0) is 31.6 Å². The van der Waals surface area contributed by atoms with Crippen LogP contribution in [0.4, 0.5) is 0 Å². The Kier molecular flexibility index (Phi) is 7.38. The molecule has 0 radical (unpaired) electrons. The van der Waals surface area contributed by atoms with Crippen molar-refractivity contribution in [3.63, 3.8) is 0 Å². The topological polar surface area (TPSA) is 17.0 Å². The van der Waals surface area contributed by atoms with Gasteiger partial charge in [0.1, 0.15) is 0 Å². The average molecular weight is 206 g/mol. The van der Waals surface area contributed by atoms with Gasteiger partial charge >= 0.3 is 0 Å². The number of nitrogens with zero attached hydrogens (tertiary/aromatic N) is 1. The number of hydrogen-bond acceptors (Lipinski definition) is 1. The van der Waals surface area contributed by atoms with E-state index in [1.807, 2.05) is 27.9 Å². The lowest BCUT2D eigenvalue weighted by molar-refractivity contribution is 0.969. The number of benzene rings is 1. The van der Waals surface area contributed by atoms with Gasteiger partial charge in [-0.3, -0.25) is 0 Å². The third-order valence-electron chi connectivity index (χ3n) is 1.79. The lowest BCUT2D eigenvalue weighted by atomic mass is 10.2. The van der Waals surface area contributed by atoms with Gasteiger partial charge in [-0.2, -0.15) is 0 Å². The number of aromatic nitrogens is 1. The van der Waals surface area contributed by atoms with Crippen LogP contribution in [0.5, 0.6) is 0 Å². The molecule has 0 aliphatic carbocycles. The Hall–Kier alpha value is -1.28. The summed E-state index contributed by atoms with van der Waals surface area (Å²) >= 11 is 0. The third-order valence-corrected chi connectivity index (χ3v) is 1.79. The van der Waals surface area contributed by atoms with Gasteiger partial charge in [0.2, 0.25) is 0 Å². The molecule has 84 valence electrons. The molecule has 0 saturated carbocycles.